The summed E-state index contributed by atoms with van der Waals surface area (Å²) in [7, 11) is 3.53. The normalized spacial score (nSPS) is 13.9. The van der Waals surface area contributed by atoms with Crippen LogP contribution in [-0.4, -0.2) is 14.2 Å². The lowest BCUT2D eigenvalue weighted by Crippen LogP contribution is -2.23. The molecule has 0 aromatic heterocycles. The number of nitrogens with zero attached hydrogens (tertiary/aromatic N) is 1. The van der Waals surface area contributed by atoms with Crippen LogP contribution in [0, 0.1) is 17.2 Å². The maximum Gasteiger partial charge on any atom is 0.118 e. The Hall–Kier alpha value is -1.53. The molecule has 1 aromatic carbocycles. The predicted molar refractivity (Wildman–Crippen MR) is 64.2 cm³/mol. The lowest BCUT2D eigenvalue weighted by molar-refractivity contribution is 0.413. The average Bonchev–Trinajstić information content (AvgIpc) is 2.36. The number of nitriles is 1. The largest absolute Gasteiger partial charge is 0.497 e. The van der Waals surface area contributed by atoms with E-state index in [4.69, 9.17) is 10.00 Å². The van der Waals surface area contributed by atoms with Crippen molar-refractivity contribution in [2.45, 2.75) is 19.4 Å². The van der Waals surface area contributed by atoms with Gasteiger partial charge in [-0.3, -0.25) is 0 Å². The van der Waals surface area contributed by atoms with Crippen molar-refractivity contribution >= 4 is 0 Å². The van der Waals surface area contributed by atoms with Crippen LogP contribution < -0.4 is 10.1 Å². The zero-order chi connectivity index (χ0) is 12.0. The second-order valence-electron chi connectivity index (χ2n) is 3.68. The topological polar surface area (TPSA) is 45.0 Å². The van der Waals surface area contributed by atoms with Gasteiger partial charge < -0.3 is 10.1 Å². The molecule has 1 N–H and O–H groups in total. The number of ether oxygens (including phenoxy) is 1. The molecule has 86 valence electrons. The molecule has 0 amide bonds. The van der Waals surface area contributed by atoms with E-state index in [1.165, 1.54) is 0 Å². The second kappa shape index (κ2) is 6.14. The summed E-state index contributed by atoms with van der Waals surface area (Å²) in [5.41, 5.74) is 1.12. The minimum absolute atomic E-state index is 0.00149. The molecule has 3 heteroatoms. The molecule has 3 nitrogen and oxygen atoms in total. The molecule has 16 heavy (non-hydrogen) atoms. The fourth-order valence-electron chi connectivity index (χ4n) is 1.81. The van der Waals surface area contributed by atoms with E-state index in [0.717, 1.165) is 17.7 Å². The molecule has 2 atom stereocenters. The number of hydrogen-bond donors (Lipinski definition) is 1. The Bertz CT molecular complexity index is 353. The lowest BCUT2D eigenvalue weighted by Gasteiger charge is -2.20. The highest BCUT2D eigenvalue weighted by molar-refractivity contribution is 5.30. The smallest absolute Gasteiger partial charge is 0.118 e. The minimum Gasteiger partial charge on any atom is -0.497 e. The Kier molecular flexibility index (Phi) is 4.81. The van der Waals surface area contributed by atoms with Gasteiger partial charge in [0.05, 0.1) is 19.1 Å². The van der Waals surface area contributed by atoms with Gasteiger partial charge in [0.1, 0.15) is 5.75 Å². The van der Waals surface area contributed by atoms with Crippen molar-refractivity contribution in [3.8, 4) is 11.8 Å². The fourth-order valence-corrected chi connectivity index (χ4v) is 1.81. The monoisotopic (exact) mass is 218 g/mol. The zero-order valence-corrected chi connectivity index (χ0v) is 10.0. The van der Waals surface area contributed by atoms with Gasteiger partial charge in [-0.15, -0.1) is 0 Å². The van der Waals surface area contributed by atoms with Gasteiger partial charge in [0.25, 0.3) is 0 Å². The Morgan fingerprint density at radius 1 is 1.38 bits per heavy atom. The number of benzene rings is 1. The Morgan fingerprint density at radius 3 is 2.38 bits per heavy atom. The third-order valence-electron chi connectivity index (χ3n) is 2.79. The molecule has 0 bridgehead atoms. The summed E-state index contributed by atoms with van der Waals surface area (Å²) in [6.45, 7) is 2.03. The summed E-state index contributed by atoms with van der Waals surface area (Å²) >= 11 is 0. The summed E-state index contributed by atoms with van der Waals surface area (Å²) in [4.78, 5) is 0. The summed E-state index contributed by atoms with van der Waals surface area (Å²) in [5.74, 6) is 0.835. The second-order valence-corrected chi connectivity index (χ2v) is 3.68. The highest BCUT2D eigenvalue weighted by Gasteiger charge is 2.19. The minimum atomic E-state index is -0.00149. The third kappa shape index (κ3) is 2.74. The molecule has 1 rings (SSSR count). The van der Waals surface area contributed by atoms with E-state index in [9.17, 15) is 0 Å². The van der Waals surface area contributed by atoms with Crippen molar-refractivity contribution in [2.75, 3.05) is 14.2 Å². The molecule has 0 heterocycles. The lowest BCUT2D eigenvalue weighted by atomic mass is 9.92. The van der Waals surface area contributed by atoms with Crippen LogP contribution in [0.1, 0.15) is 24.9 Å². The van der Waals surface area contributed by atoms with Crippen LogP contribution >= 0.6 is 0 Å². The molecule has 0 aliphatic rings. The Labute approximate surface area is 97.0 Å². The first-order chi connectivity index (χ1) is 7.76. The SMILES string of the molecule is CCC(C#N)C(NC)c1ccc(OC)cc1. The maximum atomic E-state index is 9.07. The van der Waals surface area contributed by atoms with Gasteiger partial charge in [-0.2, -0.15) is 5.26 Å². The van der Waals surface area contributed by atoms with Crippen molar-refractivity contribution in [1.29, 1.82) is 5.26 Å². The van der Waals surface area contributed by atoms with Crippen LogP contribution in [0.25, 0.3) is 0 Å². The summed E-state index contributed by atoms with van der Waals surface area (Å²) in [5, 5.41) is 12.3. The molecule has 0 aliphatic carbocycles. The Balaban J connectivity index is 2.91. The van der Waals surface area contributed by atoms with Crippen molar-refractivity contribution in [3.63, 3.8) is 0 Å². The quantitative estimate of drug-likeness (QED) is 0.826. The van der Waals surface area contributed by atoms with E-state index in [1.807, 2.05) is 38.2 Å². The zero-order valence-electron chi connectivity index (χ0n) is 10.0. The van der Waals surface area contributed by atoms with Gasteiger partial charge in [-0.25, -0.2) is 0 Å². The highest BCUT2D eigenvalue weighted by Crippen LogP contribution is 2.25. The van der Waals surface area contributed by atoms with Crippen molar-refractivity contribution in [3.05, 3.63) is 29.8 Å². The summed E-state index contributed by atoms with van der Waals surface area (Å²) in [6, 6.07) is 10.3. The van der Waals surface area contributed by atoms with Crippen LogP contribution in [0.3, 0.4) is 0 Å². The molecule has 0 aliphatic heterocycles. The number of nitrogens with one attached hydrogen (secondary N) is 1. The molecular formula is C13H18N2O. The van der Waals surface area contributed by atoms with Crippen LogP contribution in [-0.2, 0) is 0 Å². The van der Waals surface area contributed by atoms with Crippen molar-refractivity contribution in [2.24, 2.45) is 5.92 Å². The van der Waals surface area contributed by atoms with Gasteiger partial charge in [0.15, 0.2) is 0 Å². The maximum absolute atomic E-state index is 9.07. The van der Waals surface area contributed by atoms with Crippen molar-refractivity contribution in [1.82, 2.24) is 5.32 Å². The molecule has 1 aromatic rings. The van der Waals surface area contributed by atoms with E-state index >= 15 is 0 Å². The van der Waals surface area contributed by atoms with Crippen LogP contribution in [0.15, 0.2) is 24.3 Å². The number of hydrogen-bond acceptors (Lipinski definition) is 3. The van der Waals surface area contributed by atoms with Gasteiger partial charge in [-0.1, -0.05) is 19.1 Å². The van der Waals surface area contributed by atoms with Gasteiger partial charge in [-0.05, 0) is 31.2 Å². The summed E-state index contributed by atoms with van der Waals surface area (Å²) in [6.07, 6.45) is 0.841. The Morgan fingerprint density at radius 2 is 2.00 bits per heavy atom. The first-order valence-electron chi connectivity index (χ1n) is 5.47. The van der Waals surface area contributed by atoms with Crippen LogP contribution in [0.5, 0.6) is 5.75 Å². The van der Waals surface area contributed by atoms with Crippen molar-refractivity contribution < 1.29 is 4.74 Å². The van der Waals surface area contributed by atoms with Gasteiger partial charge >= 0.3 is 0 Å². The first-order valence-corrected chi connectivity index (χ1v) is 5.47. The van der Waals surface area contributed by atoms with E-state index < -0.39 is 0 Å². The predicted octanol–water partition coefficient (Wildman–Crippen LogP) is 2.51. The van der Waals surface area contributed by atoms with Crippen LogP contribution in [0.4, 0.5) is 0 Å². The molecule has 0 radical (unpaired) electrons. The van der Waals surface area contributed by atoms with E-state index in [0.29, 0.717) is 0 Å². The third-order valence-corrected chi connectivity index (χ3v) is 2.79. The molecule has 0 spiro atoms. The molecule has 0 saturated carbocycles. The summed E-state index contributed by atoms with van der Waals surface area (Å²) < 4.78 is 5.11. The molecule has 0 fully saturated rings. The standard InChI is InChI=1S/C13H18N2O/c1-4-10(9-14)13(15-2)11-5-7-12(16-3)8-6-11/h5-8,10,13,15H,4H2,1-3H3. The van der Waals surface area contributed by atoms with Crippen LogP contribution in [0.2, 0.25) is 0 Å². The highest BCUT2D eigenvalue weighted by atomic mass is 16.5. The van der Waals surface area contributed by atoms with E-state index in [-0.39, 0.29) is 12.0 Å². The molecule has 0 saturated heterocycles. The first kappa shape index (κ1) is 12.5. The number of methoxy groups -OCH3 is 1. The van der Waals surface area contributed by atoms with Gasteiger partial charge in [0, 0.05) is 6.04 Å². The average molecular weight is 218 g/mol. The van der Waals surface area contributed by atoms with E-state index in [1.54, 1.807) is 7.11 Å². The number of rotatable bonds is 5. The molecule has 2 unspecified atom stereocenters. The van der Waals surface area contributed by atoms with Gasteiger partial charge in [0.2, 0.25) is 0 Å². The fraction of sp³-hybridized carbons (Fsp3) is 0.462. The van der Waals surface area contributed by atoms with E-state index in [2.05, 4.69) is 11.4 Å². The molecular weight excluding hydrogens is 200 g/mol.